The highest BCUT2D eigenvalue weighted by Gasteiger charge is 2.33. The Labute approximate surface area is 123 Å². The third kappa shape index (κ3) is 4.21. The molecule has 0 fully saturated rings. The summed E-state index contributed by atoms with van der Waals surface area (Å²) in [7, 11) is 0. The standard InChI is InChI=1S/C13H15BrF3NO2/c1-2-18(6-3-7-19)12(20)9-4-5-11(14)10(8-9)13(15,16)17/h4-5,8,19H,2-3,6-7H2,1H3. The average Bonchev–Trinajstić information content (AvgIpc) is 2.38. The van der Waals surface area contributed by atoms with Crippen LogP contribution in [0.1, 0.15) is 29.3 Å². The van der Waals surface area contributed by atoms with Crippen molar-refractivity contribution in [3.63, 3.8) is 0 Å². The Kier molecular flexibility index (Phi) is 6.01. The van der Waals surface area contributed by atoms with Gasteiger partial charge in [0, 0.05) is 29.7 Å². The van der Waals surface area contributed by atoms with Crippen LogP contribution in [0, 0.1) is 0 Å². The van der Waals surface area contributed by atoms with Crippen molar-refractivity contribution in [2.24, 2.45) is 0 Å². The second-order valence-electron chi connectivity index (χ2n) is 4.15. The molecule has 1 aromatic rings. The predicted octanol–water partition coefficient (Wildman–Crippen LogP) is 3.31. The van der Waals surface area contributed by atoms with Crippen LogP contribution in [0.3, 0.4) is 0 Å². The van der Waals surface area contributed by atoms with Crippen LogP contribution in [0.15, 0.2) is 22.7 Å². The highest BCUT2D eigenvalue weighted by molar-refractivity contribution is 9.10. The maximum atomic E-state index is 12.8. The van der Waals surface area contributed by atoms with E-state index in [0.29, 0.717) is 19.5 Å². The van der Waals surface area contributed by atoms with E-state index in [1.807, 2.05) is 0 Å². The van der Waals surface area contributed by atoms with E-state index >= 15 is 0 Å². The summed E-state index contributed by atoms with van der Waals surface area (Å²) in [6.45, 7) is 2.34. The molecule has 0 aliphatic rings. The minimum absolute atomic E-state index is 0.0136. The van der Waals surface area contributed by atoms with Crippen LogP contribution in [0.4, 0.5) is 13.2 Å². The van der Waals surface area contributed by atoms with Gasteiger partial charge in [-0.15, -0.1) is 0 Å². The van der Waals surface area contributed by atoms with E-state index in [1.54, 1.807) is 6.92 Å². The second kappa shape index (κ2) is 7.08. The average molecular weight is 354 g/mol. The van der Waals surface area contributed by atoms with Gasteiger partial charge in [-0.2, -0.15) is 13.2 Å². The number of carbonyl (C=O) groups is 1. The lowest BCUT2D eigenvalue weighted by Gasteiger charge is -2.21. The van der Waals surface area contributed by atoms with Gasteiger partial charge < -0.3 is 10.0 Å². The van der Waals surface area contributed by atoms with E-state index in [1.165, 1.54) is 17.0 Å². The zero-order valence-electron chi connectivity index (χ0n) is 10.9. The summed E-state index contributed by atoms with van der Waals surface area (Å²) in [6.07, 6.45) is -4.13. The highest BCUT2D eigenvalue weighted by atomic mass is 79.9. The molecule has 1 aromatic carbocycles. The number of nitrogens with zero attached hydrogens (tertiary/aromatic N) is 1. The SMILES string of the molecule is CCN(CCCO)C(=O)c1ccc(Br)c(C(F)(F)F)c1. The number of halogens is 4. The fourth-order valence-electron chi connectivity index (χ4n) is 1.72. The van der Waals surface area contributed by atoms with Crippen LogP contribution < -0.4 is 0 Å². The van der Waals surface area contributed by atoms with Crippen molar-refractivity contribution < 1.29 is 23.1 Å². The van der Waals surface area contributed by atoms with Gasteiger partial charge in [0.05, 0.1) is 5.56 Å². The first-order chi connectivity index (χ1) is 9.31. The molecule has 0 aromatic heterocycles. The van der Waals surface area contributed by atoms with Crippen LogP contribution in [-0.4, -0.2) is 35.6 Å². The fourth-order valence-corrected chi connectivity index (χ4v) is 2.19. The van der Waals surface area contributed by atoms with Crippen molar-refractivity contribution in [1.29, 1.82) is 0 Å². The smallest absolute Gasteiger partial charge is 0.396 e. The van der Waals surface area contributed by atoms with Gasteiger partial charge in [0.25, 0.3) is 5.91 Å². The first kappa shape index (κ1) is 17.0. The lowest BCUT2D eigenvalue weighted by atomic mass is 10.1. The summed E-state index contributed by atoms with van der Waals surface area (Å²) in [6, 6.07) is 3.41. The molecule has 3 nitrogen and oxygen atoms in total. The topological polar surface area (TPSA) is 40.5 Å². The molecular formula is C13H15BrF3NO2. The number of benzene rings is 1. The fraction of sp³-hybridized carbons (Fsp3) is 0.462. The van der Waals surface area contributed by atoms with Crippen LogP contribution in [0.25, 0.3) is 0 Å². The van der Waals surface area contributed by atoms with Crippen molar-refractivity contribution in [1.82, 2.24) is 4.90 Å². The normalized spacial score (nSPS) is 11.5. The zero-order valence-corrected chi connectivity index (χ0v) is 12.5. The van der Waals surface area contributed by atoms with Gasteiger partial charge in [0.1, 0.15) is 0 Å². The molecule has 0 bridgehead atoms. The Morgan fingerprint density at radius 2 is 2.05 bits per heavy atom. The molecule has 112 valence electrons. The van der Waals surface area contributed by atoms with Gasteiger partial charge in [-0.05, 0) is 31.5 Å². The lowest BCUT2D eigenvalue weighted by Crippen LogP contribution is -2.32. The van der Waals surface area contributed by atoms with Gasteiger partial charge in [-0.3, -0.25) is 4.79 Å². The number of hydrogen-bond acceptors (Lipinski definition) is 2. The number of hydrogen-bond donors (Lipinski definition) is 1. The first-order valence-corrected chi connectivity index (χ1v) is 6.87. The van der Waals surface area contributed by atoms with E-state index in [4.69, 9.17) is 5.11 Å². The minimum Gasteiger partial charge on any atom is -0.396 e. The van der Waals surface area contributed by atoms with Crippen LogP contribution >= 0.6 is 15.9 Å². The first-order valence-electron chi connectivity index (χ1n) is 6.08. The summed E-state index contributed by atoms with van der Waals surface area (Å²) in [5, 5.41) is 8.76. The van der Waals surface area contributed by atoms with Gasteiger partial charge in [0.2, 0.25) is 0 Å². The molecule has 1 rings (SSSR count). The van der Waals surface area contributed by atoms with Crippen molar-refractivity contribution >= 4 is 21.8 Å². The predicted molar refractivity (Wildman–Crippen MR) is 72.4 cm³/mol. The molecule has 0 radical (unpaired) electrons. The molecule has 0 aliphatic carbocycles. The number of alkyl halides is 3. The Morgan fingerprint density at radius 1 is 1.40 bits per heavy atom. The molecule has 0 saturated carbocycles. The van der Waals surface area contributed by atoms with Gasteiger partial charge >= 0.3 is 6.18 Å². The molecule has 0 heterocycles. The second-order valence-corrected chi connectivity index (χ2v) is 5.01. The number of aliphatic hydroxyl groups excluding tert-OH is 1. The van der Waals surface area contributed by atoms with E-state index in [0.717, 1.165) is 6.07 Å². The number of amides is 1. The molecule has 0 spiro atoms. The Bertz CT molecular complexity index is 477. The monoisotopic (exact) mass is 353 g/mol. The maximum absolute atomic E-state index is 12.8. The molecule has 7 heteroatoms. The van der Waals surface area contributed by atoms with E-state index in [-0.39, 0.29) is 16.6 Å². The van der Waals surface area contributed by atoms with Crippen LogP contribution in [-0.2, 0) is 6.18 Å². The Balaban J connectivity index is 3.04. The third-order valence-electron chi connectivity index (χ3n) is 2.77. The van der Waals surface area contributed by atoms with Gasteiger partial charge in [-0.1, -0.05) is 15.9 Å². The van der Waals surface area contributed by atoms with E-state index < -0.39 is 17.6 Å². The molecule has 1 N–H and O–H groups in total. The van der Waals surface area contributed by atoms with Gasteiger partial charge in [0.15, 0.2) is 0 Å². The van der Waals surface area contributed by atoms with Crippen molar-refractivity contribution in [3.8, 4) is 0 Å². The summed E-state index contributed by atoms with van der Waals surface area (Å²) in [5.74, 6) is -0.473. The Hall–Kier alpha value is -1.08. The van der Waals surface area contributed by atoms with Crippen LogP contribution in [0.2, 0.25) is 0 Å². The van der Waals surface area contributed by atoms with E-state index in [9.17, 15) is 18.0 Å². The minimum atomic E-state index is -4.52. The highest BCUT2D eigenvalue weighted by Crippen LogP contribution is 2.35. The summed E-state index contributed by atoms with van der Waals surface area (Å²) >= 11 is 2.83. The maximum Gasteiger partial charge on any atom is 0.417 e. The number of carbonyl (C=O) groups excluding carboxylic acids is 1. The number of aliphatic hydroxyl groups is 1. The number of rotatable bonds is 5. The van der Waals surface area contributed by atoms with Gasteiger partial charge in [-0.25, -0.2) is 0 Å². The largest absolute Gasteiger partial charge is 0.417 e. The molecule has 1 amide bonds. The van der Waals surface area contributed by atoms with E-state index in [2.05, 4.69) is 15.9 Å². The quantitative estimate of drug-likeness (QED) is 0.882. The third-order valence-corrected chi connectivity index (χ3v) is 3.47. The van der Waals surface area contributed by atoms with Crippen molar-refractivity contribution in [2.45, 2.75) is 19.5 Å². The summed E-state index contributed by atoms with van der Waals surface area (Å²) < 4.78 is 38.3. The molecule has 0 atom stereocenters. The summed E-state index contributed by atoms with van der Waals surface area (Å²) in [4.78, 5) is 13.5. The van der Waals surface area contributed by atoms with Crippen molar-refractivity contribution in [3.05, 3.63) is 33.8 Å². The molecule has 20 heavy (non-hydrogen) atoms. The van der Waals surface area contributed by atoms with Crippen LogP contribution in [0.5, 0.6) is 0 Å². The summed E-state index contributed by atoms with van der Waals surface area (Å²) in [5.41, 5.74) is -0.887. The van der Waals surface area contributed by atoms with Crippen molar-refractivity contribution in [2.75, 3.05) is 19.7 Å². The Morgan fingerprint density at radius 3 is 2.55 bits per heavy atom. The molecule has 0 aliphatic heterocycles. The molecular weight excluding hydrogens is 339 g/mol. The zero-order chi connectivity index (χ0) is 15.3. The molecule has 0 saturated heterocycles. The molecule has 0 unspecified atom stereocenters. The lowest BCUT2D eigenvalue weighted by molar-refractivity contribution is -0.138.